The molecule has 4 rings (SSSR count). The zero-order valence-corrected chi connectivity index (χ0v) is 23.4. The van der Waals surface area contributed by atoms with Crippen molar-refractivity contribution in [2.45, 2.75) is 62.9 Å². The van der Waals surface area contributed by atoms with Crippen molar-refractivity contribution in [3.63, 3.8) is 0 Å². The van der Waals surface area contributed by atoms with Crippen LogP contribution in [0.15, 0.2) is 97.6 Å². The standard InChI is InChI=1S/2C15H17N2O2.Cu/c2*1-14(18,12-7-3-5-9-16-12)11-15(2,19)13-8-4-6-10-17-13;/h2*3-10,18H,11H2,1-2H3;/q2*-1;+2/t2*14-,15+;/m10./s1. The average molecular weight is 578 g/mol. The van der Waals surface area contributed by atoms with Gasteiger partial charge in [0.1, 0.15) is 11.2 Å². The van der Waals surface area contributed by atoms with E-state index in [1.807, 2.05) is 0 Å². The Hall–Kier alpha value is -3.04. The van der Waals surface area contributed by atoms with Gasteiger partial charge in [0.05, 0.1) is 11.4 Å². The maximum absolute atomic E-state index is 12.6. The fraction of sp³-hybridized carbons (Fsp3) is 0.333. The molecule has 4 heterocycles. The van der Waals surface area contributed by atoms with Gasteiger partial charge in [-0.15, -0.1) is 0 Å². The molecule has 4 atom stereocenters. The van der Waals surface area contributed by atoms with Gasteiger partial charge in [-0.05, 0) is 75.2 Å². The second kappa shape index (κ2) is 13.3. The monoisotopic (exact) mass is 577 g/mol. The number of aromatic nitrogens is 4. The summed E-state index contributed by atoms with van der Waals surface area (Å²) < 4.78 is 0. The Balaban J connectivity index is 0.000000267. The average Bonchev–Trinajstić information content (AvgIpc) is 2.90. The van der Waals surface area contributed by atoms with Crippen molar-refractivity contribution < 1.29 is 37.5 Å². The molecule has 8 nitrogen and oxygen atoms in total. The maximum Gasteiger partial charge on any atom is 2.00 e. The van der Waals surface area contributed by atoms with Crippen LogP contribution >= 0.6 is 0 Å². The zero-order valence-electron chi connectivity index (χ0n) is 22.5. The van der Waals surface area contributed by atoms with Crippen LogP contribution in [0.3, 0.4) is 0 Å². The van der Waals surface area contributed by atoms with Gasteiger partial charge in [0.25, 0.3) is 0 Å². The molecule has 0 fully saturated rings. The van der Waals surface area contributed by atoms with Crippen molar-refractivity contribution >= 4 is 0 Å². The van der Waals surface area contributed by atoms with Gasteiger partial charge in [-0.1, -0.05) is 49.3 Å². The van der Waals surface area contributed by atoms with E-state index in [4.69, 9.17) is 0 Å². The topological polar surface area (TPSA) is 138 Å². The molecule has 9 heteroatoms. The van der Waals surface area contributed by atoms with Crippen LogP contribution in [0.25, 0.3) is 0 Å². The third kappa shape index (κ3) is 9.00. The fourth-order valence-electron chi connectivity index (χ4n) is 4.39. The summed E-state index contributed by atoms with van der Waals surface area (Å²) in [4.78, 5) is 16.4. The number of hydrogen-bond acceptors (Lipinski definition) is 8. The molecule has 1 radical (unpaired) electrons. The van der Waals surface area contributed by atoms with Crippen molar-refractivity contribution in [1.82, 2.24) is 19.9 Å². The summed E-state index contributed by atoms with van der Waals surface area (Å²) in [5.41, 5.74) is -3.67. The third-order valence-corrected chi connectivity index (χ3v) is 6.21. The molecule has 0 aliphatic rings. The van der Waals surface area contributed by atoms with E-state index in [2.05, 4.69) is 19.9 Å². The molecule has 0 saturated heterocycles. The molecule has 0 aromatic carbocycles. The van der Waals surface area contributed by atoms with E-state index in [0.29, 0.717) is 22.8 Å². The van der Waals surface area contributed by atoms with Gasteiger partial charge < -0.3 is 20.4 Å². The Bertz CT molecular complexity index is 1060. The minimum absolute atomic E-state index is 0. The van der Waals surface area contributed by atoms with E-state index in [0.717, 1.165) is 0 Å². The predicted molar refractivity (Wildman–Crippen MR) is 140 cm³/mol. The summed E-state index contributed by atoms with van der Waals surface area (Å²) in [5, 5.41) is 46.3. The second-order valence-corrected chi connectivity index (χ2v) is 10.2. The van der Waals surface area contributed by atoms with Gasteiger partial charge in [0, 0.05) is 36.2 Å². The minimum Gasteiger partial charge on any atom is -0.845 e. The SMILES string of the molecule is C[C@](O)(C[C@@](C)([O-])c1ccccn1)c1ccccn1.C[C@]([O-])(C[C@@](C)(O)c1ccccn1)c1ccccn1.[Cu+2]. The Morgan fingerprint density at radius 1 is 0.513 bits per heavy atom. The van der Waals surface area contributed by atoms with Crippen LogP contribution < -0.4 is 10.2 Å². The molecular weight excluding hydrogens is 544 g/mol. The molecule has 0 unspecified atom stereocenters. The van der Waals surface area contributed by atoms with Crippen molar-refractivity contribution in [3.05, 3.63) is 120 Å². The first kappa shape index (κ1) is 32.2. The Morgan fingerprint density at radius 3 is 1.00 bits per heavy atom. The van der Waals surface area contributed by atoms with E-state index in [9.17, 15) is 20.4 Å². The molecule has 209 valence electrons. The number of nitrogens with zero attached hydrogens (tertiary/aromatic N) is 4. The molecule has 0 aliphatic heterocycles. The van der Waals surface area contributed by atoms with Crippen molar-refractivity contribution in [2.24, 2.45) is 0 Å². The number of aliphatic hydroxyl groups is 2. The van der Waals surface area contributed by atoms with Crippen LogP contribution in [0.2, 0.25) is 0 Å². The Morgan fingerprint density at radius 2 is 0.769 bits per heavy atom. The van der Waals surface area contributed by atoms with E-state index in [-0.39, 0.29) is 29.9 Å². The van der Waals surface area contributed by atoms with Gasteiger partial charge in [0.15, 0.2) is 0 Å². The van der Waals surface area contributed by atoms with Crippen LogP contribution in [0.1, 0.15) is 63.3 Å². The molecule has 0 amide bonds. The van der Waals surface area contributed by atoms with Crippen LogP contribution in [0.5, 0.6) is 0 Å². The normalized spacial score (nSPS) is 17.0. The first-order valence-corrected chi connectivity index (χ1v) is 12.4. The van der Waals surface area contributed by atoms with E-state index in [1.165, 1.54) is 13.8 Å². The molecule has 4 aromatic rings. The Labute approximate surface area is 240 Å². The van der Waals surface area contributed by atoms with E-state index >= 15 is 0 Å². The number of rotatable bonds is 8. The molecule has 0 aliphatic carbocycles. The van der Waals surface area contributed by atoms with Crippen molar-refractivity contribution in [3.8, 4) is 0 Å². The quantitative estimate of drug-likeness (QED) is 0.305. The first-order valence-electron chi connectivity index (χ1n) is 12.4. The van der Waals surface area contributed by atoms with Gasteiger partial charge in [0.2, 0.25) is 0 Å². The third-order valence-electron chi connectivity index (χ3n) is 6.21. The number of hydrogen-bond donors (Lipinski definition) is 2. The van der Waals surface area contributed by atoms with Gasteiger partial charge in [-0.2, -0.15) is 0 Å². The molecule has 0 saturated carbocycles. The van der Waals surface area contributed by atoms with Gasteiger partial charge in [-0.25, -0.2) is 0 Å². The van der Waals surface area contributed by atoms with E-state index < -0.39 is 22.4 Å². The molecular formula is C30H34CuN4O4. The summed E-state index contributed by atoms with van der Waals surface area (Å²) in [6, 6.07) is 21.0. The summed E-state index contributed by atoms with van der Waals surface area (Å²) in [7, 11) is 0. The molecule has 0 bridgehead atoms. The summed E-state index contributed by atoms with van der Waals surface area (Å²) in [5.74, 6) is 0. The van der Waals surface area contributed by atoms with Crippen molar-refractivity contribution in [1.29, 1.82) is 0 Å². The zero-order chi connectivity index (χ0) is 27.9. The van der Waals surface area contributed by atoms with Gasteiger partial charge >= 0.3 is 17.1 Å². The van der Waals surface area contributed by atoms with Crippen molar-refractivity contribution in [2.75, 3.05) is 0 Å². The van der Waals surface area contributed by atoms with Crippen LogP contribution in [0, 0.1) is 0 Å². The fourth-order valence-corrected chi connectivity index (χ4v) is 4.39. The smallest absolute Gasteiger partial charge is 0.845 e. The molecule has 39 heavy (non-hydrogen) atoms. The second-order valence-electron chi connectivity index (χ2n) is 10.2. The molecule has 4 aromatic heterocycles. The van der Waals surface area contributed by atoms with Gasteiger partial charge in [-0.3, -0.25) is 19.9 Å². The number of pyridine rings is 4. The first-order chi connectivity index (χ1) is 17.8. The summed E-state index contributed by atoms with van der Waals surface area (Å²) in [6.07, 6.45) is 6.39. The maximum atomic E-state index is 12.6. The molecule has 2 N–H and O–H groups in total. The Kier molecular flexibility index (Phi) is 11.0. The molecule has 0 spiro atoms. The van der Waals surface area contributed by atoms with Crippen LogP contribution in [-0.2, 0) is 39.5 Å². The van der Waals surface area contributed by atoms with Crippen LogP contribution in [0.4, 0.5) is 0 Å². The predicted octanol–water partition coefficient (Wildman–Crippen LogP) is 2.70. The summed E-state index contributed by atoms with van der Waals surface area (Å²) in [6.45, 7) is 6.28. The van der Waals surface area contributed by atoms with Crippen LogP contribution in [-0.4, -0.2) is 30.1 Å². The summed E-state index contributed by atoms with van der Waals surface area (Å²) >= 11 is 0. The minimum atomic E-state index is -1.47. The largest absolute Gasteiger partial charge is 2.00 e. The van der Waals surface area contributed by atoms with E-state index in [1.54, 1.807) is 111 Å².